The number of nitrogens with one attached hydrogen (secondary N) is 2. The molecule has 0 unspecified atom stereocenters. The third-order valence-electron chi connectivity index (χ3n) is 2.77. The molecule has 3 nitrogen and oxygen atoms in total. The van der Waals surface area contributed by atoms with Crippen molar-refractivity contribution in [3.63, 3.8) is 0 Å². The van der Waals surface area contributed by atoms with Crippen LogP contribution in [0, 0.1) is 11.6 Å². The fraction of sp³-hybridized carbons (Fsp3) is 0.214. The van der Waals surface area contributed by atoms with Crippen molar-refractivity contribution < 1.29 is 13.6 Å². The zero-order valence-electron chi connectivity index (χ0n) is 10.8. The van der Waals surface area contributed by atoms with Crippen molar-refractivity contribution in [3.05, 3.63) is 52.2 Å². The molecule has 1 aromatic carbocycles. The summed E-state index contributed by atoms with van der Waals surface area (Å²) in [5.41, 5.74) is -0.414. The number of amides is 1. The monoisotopic (exact) mass is 296 g/mol. The molecule has 2 aromatic rings. The number of benzene rings is 1. The molecule has 0 radical (unpaired) electrons. The number of hydrogen-bond acceptors (Lipinski definition) is 3. The molecule has 0 aliphatic carbocycles. The number of halogens is 2. The molecule has 0 aliphatic heterocycles. The van der Waals surface area contributed by atoms with Crippen molar-refractivity contribution in [1.82, 2.24) is 5.32 Å². The smallest absolute Gasteiger partial charge is 0.238 e. The molecular weight excluding hydrogens is 282 g/mol. The molecule has 106 valence electrons. The second kappa shape index (κ2) is 6.58. The van der Waals surface area contributed by atoms with Gasteiger partial charge in [0.15, 0.2) is 0 Å². The first-order valence-corrected chi connectivity index (χ1v) is 6.96. The molecule has 0 aliphatic rings. The van der Waals surface area contributed by atoms with E-state index < -0.39 is 23.2 Å². The number of hydrogen-bond donors (Lipinski definition) is 2. The minimum Gasteiger partial charge on any atom is -0.320 e. The Balaban J connectivity index is 1.90. The predicted molar refractivity (Wildman–Crippen MR) is 75.7 cm³/mol. The summed E-state index contributed by atoms with van der Waals surface area (Å²) in [6.07, 6.45) is 0. The Kier molecular flexibility index (Phi) is 4.81. The van der Waals surface area contributed by atoms with Gasteiger partial charge in [-0.05, 0) is 30.5 Å². The van der Waals surface area contributed by atoms with Crippen LogP contribution in [0.5, 0.6) is 0 Å². The highest BCUT2D eigenvalue weighted by Crippen LogP contribution is 2.19. The third-order valence-corrected chi connectivity index (χ3v) is 3.82. The Morgan fingerprint density at radius 1 is 1.25 bits per heavy atom. The zero-order valence-corrected chi connectivity index (χ0v) is 11.6. The number of para-hydroxylation sites is 1. The van der Waals surface area contributed by atoms with Gasteiger partial charge in [-0.25, -0.2) is 8.78 Å². The maximum absolute atomic E-state index is 13.4. The van der Waals surface area contributed by atoms with Gasteiger partial charge in [-0.2, -0.15) is 0 Å². The number of carbonyl (C=O) groups excluding carboxylic acids is 1. The van der Waals surface area contributed by atoms with Crippen LogP contribution >= 0.6 is 11.3 Å². The Morgan fingerprint density at radius 3 is 2.55 bits per heavy atom. The SMILES string of the molecule is C[C@@H](NCC(=O)Nc1c(F)cccc1F)c1cccs1. The quantitative estimate of drug-likeness (QED) is 0.888. The number of thiophene rings is 1. The van der Waals surface area contributed by atoms with Crippen LogP contribution in [0.4, 0.5) is 14.5 Å². The maximum Gasteiger partial charge on any atom is 0.238 e. The fourth-order valence-corrected chi connectivity index (χ4v) is 2.44. The van der Waals surface area contributed by atoms with E-state index in [0.29, 0.717) is 0 Å². The summed E-state index contributed by atoms with van der Waals surface area (Å²) in [6.45, 7) is 1.90. The second-order valence-corrected chi connectivity index (χ2v) is 5.24. The summed E-state index contributed by atoms with van der Waals surface area (Å²) in [6, 6.07) is 7.33. The topological polar surface area (TPSA) is 41.1 Å². The van der Waals surface area contributed by atoms with E-state index in [1.165, 1.54) is 6.07 Å². The van der Waals surface area contributed by atoms with Gasteiger partial charge in [0.05, 0.1) is 6.54 Å². The molecule has 1 atom stereocenters. The van der Waals surface area contributed by atoms with E-state index in [9.17, 15) is 13.6 Å². The molecule has 6 heteroatoms. The molecule has 1 amide bonds. The van der Waals surface area contributed by atoms with E-state index in [1.807, 2.05) is 24.4 Å². The summed E-state index contributed by atoms with van der Waals surface area (Å²) in [4.78, 5) is 12.8. The van der Waals surface area contributed by atoms with Crippen LogP contribution < -0.4 is 10.6 Å². The van der Waals surface area contributed by atoms with Crippen LogP contribution in [0.1, 0.15) is 17.8 Å². The van der Waals surface area contributed by atoms with Crippen LogP contribution in [-0.4, -0.2) is 12.5 Å². The van der Waals surface area contributed by atoms with Gasteiger partial charge in [-0.15, -0.1) is 11.3 Å². The first kappa shape index (κ1) is 14.6. The lowest BCUT2D eigenvalue weighted by Crippen LogP contribution is -2.30. The summed E-state index contributed by atoms with van der Waals surface area (Å²) < 4.78 is 26.7. The van der Waals surface area contributed by atoms with Crippen LogP contribution in [0.2, 0.25) is 0 Å². The highest BCUT2D eigenvalue weighted by atomic mass is 32.1. The van der Waals surface area contributed by atoms with Gasteiger partial charge in [-0.3, -0.25) is 4.79 Å². The highest BCUT2D eigenvalue weighted by Gasteiger charge is 2.13. The lowest BCUT2D eigenvalue weighted by molar-refractivity contribution is -0.115. The van der Waals surface area contributed by atoms with Crippen LogP contribution in [0.25, 0.3) is 0 Å². The highest BCUT2D eigenvalue weighted by molar-refractivity contribution is 7.10. The molecule has 20 heavy (non-hydrogen) atoms. The molecule has 1 heterocycles. The molecule has 0 saturated carbocycles. The van der Waals surface area contributed by atoms with Crippen LogP contribution in [0.3, 0.4) is 0 Å². The van der Waals surface area contributed by atoms with E-state index >= 15 is 0 Å². The van der Waals surface area contributed by atoms with Crippen molar-refractivity contribution in [3.8, 4) is 0 Å². The first-order chi connectivity index (χ1) is 9.58. The van der Waals surface area contributed by atoms with Gasteiger partial charge in [0.25, 0.3) is 0 Å². The molecule has 0 bridgehead atoms. The summed E-state index contributed by atoms with van der Waals surface area (Å²) in [7, 11) is 0. The first-order valence-electron chi connectivity index (χ1n) is 6.08. The van der Waals surface area contributed by atoms with Crippen molar-refractivity contribution in [2.45, 2.75) is 13.0 Å². The molecule has 1 aromatic heterocycles. The molecular formula is C14H14F2N2OS. The molecule has 0 spiro atoms. The maximum atomic E-state index is 13.4. The Hall–Kier alpha value is -1.79. The van der Waals surface area contributed by atoms with E-state index in [2.05, 4.69) is 10.6 Å². The Morgan fingerprint density at radius 2 is 1.95 bits per heavy atom. The average molecular weight is 296 g/mol. The van der Waals surface area contributed by atoms with Crippen molar-refractivity contribution in [2.75, 3.05) is 11.9 Å². The Bertz CT molecular complexity index is 567. The van der Waals surface area contributed by atoms with Gasteiger partial charge >= 0.3 is 0 Å². The van der Waals surface area contributed by atoms with Crippen LogP contribution in [0.15, 0.2) is 35.7 Å². The van der Waals surface area contributed by atoms with Gasteiger partial charge < -0.3 is 10.6 Å². The molecule has 2 rings (SSSR count). The average Bonchev–Trinajstić information content (AvgIpc) is 2.94. The van der Waals surface area contributed by atoms with Crippen molar-refractivity contribution in [2.24, 2.45) is 0 Å². The molecule has 0 saturated heterocycles. The largest absolute Gasteiger partial charge is 0.320 e. The summed E-state index contributed by atoms with van der Waals surface area (Å²) >= 11 is 1.58. The molecule has 2 N–H and O–H groups in total. The van der Waals surface area contributed by atoms with Crippen molar-refractivity contribution in [1.29, 1.82) is 0 Å². The number of carbonyl (C=O) groups is 1. The number of rotatable bonds is 5. The van der Waals surface area contributed by atoms with Crippen LogP contribution in [-0.2, 0) is 4.79 Å². The summed E-state index contributed by atoms with van der Waals surface area (Å²) in [5.74, 6) is -2.06. The molecule has 0 fully saturated rings. The fourth-order valence-electron chi connectivity index (χ4n) is 1.68. The van der Waals surface area contributed by atoms with Gasteiger partial charge in [-0.1, -0.05) is 12.1 Å². The van der Waals surface area contributed by atoms with E-state index in [1.54, 1.807) is 11.3 Å². The standard InChI is InChI=1S/C14H14F2N2OS/c1-9(12-6-3-7-20-12)17-8-13(19)18-14-10(15)4-2-5-11(14)16/h2-7,9,17H,8H2,1H3,(H,18,19)/t9-/m1/s1. The van der Waals surface area contributed by atoms with Gasteiger partial charge in [0.2, 0.25) is 5.91 Å². The second-order valence-electron chi connectivity index (χ2n) is 4.26. The minimum atomic E-state index is -0.787. The van der Waals surface area contributed by atoms with E-state index in [0.717, 1.165) is 17.0 Å². The summed E-state index contributed by atoms with van der Waals surface area (Å²) in [5, 5.41) is 7.18. The number of anilines is 1. The Labute approximate surface area is 119 Å². The lowest BCUT2D eigenvalue weighted by atomic mass is 10.2. The van der Waals surface area contributed by atoms with Gasteiger partial charge in [0, 0.05) is 10.9 Å². The van der Waals surface area contributed by atoms with Crippen molar-refractivity contribution >= 4 is 22.9 Å². The predicted octanol–water partition coefficient (Wildman–Crippen LogP) is 3.32. The third kappa shape index (κ3) is 3.61. The minimum absolute atomic E-state index is 0.00576. The van der Waals surface area contributed by atoms with E-state index in [4.69, 9.17) is 0 Å². The van der Waals surface area contributed by atoms with E-state index in [-0.39, 0.29) is 12.6 Å². The van der Waals surface area contributed by atoms with Gasteiger partial charge in [0.1, 0.15) is 17.3 Å². The normalized spacial score (nSPS) is 12.2. The lowest BCUT2D eigenvalue weighted by Gasteiger charge is -2.12. The zero-order chi connectivity index (χ0) is 14.5.